The first-order chi connectivity index (χ1) is 7.31. The van der Waals surface area contributed by atoms with E-state index in [0.717, 1.165) is 11.3 Å². The molecule has 0 aromatic carbocycles. The average molecular weight is 209 g/mol. The van der Waals surface area contributed by atoms with Gasteiger partial charge in [-0.05, 0) is 19.4 Å². The number of rotatable bonds is 3. The number of hydrogen-bond acceptors (Lipinski definition) is 3. The molecule has 1 N–H and O–H groups in total. The first-order valence-corrected chi connectivity index (χ1v) is 5.17. The molecule has 0 amide bonds. The zero-order chi connectivity index (χ0) is 11.7. The third-order valence-electron chi connectivity index (χ3n) is 1.67. The van der Waals surface area contributed by atoms with Gasteiger partial charge in [0.05, 0.1) is 0 Å². The molecule has 0 bridgehead atoms. The smallest absolute Gasteiger partial charge is 0.162 e. The van der Waals surface area contributed by atoms with Gasteiger partial charge in [-0.1, -0.05) is 37.2 Å². The van der Waals surface area contributed by atoms with Crippen LogP contribution in [0.15, 0.2) is 28.8 Å². The van der Waals surface area contributed by atoms with E-state index in [-0.39, 0.29) is 6.61 Å². The van der Waals surface area contributed by atoms with Crippen LogP contribution in [0.5, 0.6) is 0 Å². The first-order valence-electron chi connectivity index (χ1n) is 5.17. The highest BCUT2D eigenvalue weighted by atomic mass is 16.5. The zero-order valence-corrected chi connectivity index (χ0v) is 9.82. The molecular weight excluding hydrogens is 190 g/mol. The molecule has 0 unspecified atom stereocenters. The number of nitrogens with zero attached hydrogens (tertiary/aromatic N) is 1. The van der Waals surface area contributed by atoms with E-state index in [4.69, 9.17) is 9.63 Å². The molecule has 15 heavy (non-hydrogen) atoms. The molecule has 0 atom stereocenters. The van der Waals surface area contributed by atoms with Crippen molar-refractivity contribution in [3.63, 3.8) is 0 Å². The maximum Gasteiger partial charge on any atom is 0.162 e. The molecule has 84 valence electrons. The second kappa shape index (κ2) is 8.00. The van der Waals surface area contributed by atoms with Gasteiger partial charge in [0.15, 0.2) is 5.76 Å². The van der Waals surface area contributed by atoms with E-state index in [1.165, 1.54) is 0 Å². The van der Waals surface area contributed by atoms with Gasteiger partial charge < -0.3 is 9.63 Å². The number of aromatic nitrogens is 1. The normalized spacial score (nSPS) is 11.4. The van der Waals surface area contributed by atoms with Gasteiger partial charge >= 0.3 is 0 Å². The summed E-state index contributed by atoms with van der Waals surface area (Å²) in [6, 6.07) is 1.73. The Bertz CT molecular complexity index is 324. The number of aliphatic hydroxyl groups excluding tert-OH is 1. The van der Waals surface area contributed by atoms with Crippen molar-refractivity contribution in [1.29, 1.82) is 0 Å². The number of aliphatic hydroxyl groups is 1. The molecule has 3 heteroatoms. The van der Waals surface area contributed by atoms with E-state index in [0.29, 0.717) is 5.76 Å². The second-order valence-corrected chi connectivity index (χ2v) is 2.58. The van der Waals surface area contributed by atoms with E-state index < -0.39 is 0 Å². The third-order valence-corrected chi connectivity index (χ3v) is 1.67. The summed E-state index contributed by atoms with van der Waals surface area (Å²) in [6.45, 7) is 7.76. The van der Waals surface area contributed by atoms with Gasteiger partial charge in [-0.3, -0.25) is 0 Å². The van der Waals surface area contributed by atoms with Crippen molar-refractivity contribution in [1.82, 2.24) is 5.16 Å². The minimum absolute atomic E-state index is 0.111. The van der Waals surface area contributed by atoms with Gasteiger partial charge in [0.2, 0.25) is 0 Å². The van der Waals surface area contributed by atoms with E-state index in [2.05, 4.69) is 5.16 Å². The number of allylic oxidation sites excluding steroid dienone is 4. The molecule has 0 spiro atoms. The fourth-order valence-electron chi connectivity index (χ4n) is 1.03. The molecular formula is C12H19NO2. The van der Waals surface area contributed by atoms with Crippen molar-refractivity contribution in [3.05, 3.63) is 35.7 Å². The fourth-order valence-corrected chi connectivity index (χ4v) is 1.03. The Morgan fingerprint density at radius 2 is 2.13 bits per heavy atom. The molecule has 0 fully saturated rings. The molecule has 0 saturated heterocycles. The quantitative estimate of drug-likeness (QED) is 0.778. The SMILES string of the molecule is C/C=C\C(=C/C)c1cc(CO)on1.CC. The van der Waals surface area contributed by atoms with Crippen molar-refractivity contribution >= 4 is 5.57 Å². The maximum absolute atomic E-state index is 8.76. The molecule has 0 aliphatic carbocycles. The van der Waals surface area contributed by atoms with Crippen molar-refractivity contribution < 1.29 is 9.63 Å². The van der Waals surface area contributed by atoms with Gasteiger partial charge in [0, 0.05) is 6.07 Å². The Morgan fingerprint density at radius 1 is 1.47 bits per heavy atom. The third kappa shape index (κ3) is 4.13. The van der Waals surface area contributed by atoms with E-state index in [1.807, 2.05) is 45.9 Å². The van der Waals surface area contributed by atoms with Gasteiger partial charge in [0.25, 0.3) is 0 Å². The minimum Gasteiger partial charge on any atom is -0.388 e. The van der Waals surface area contributed by atoms with Gasteiger partial charge in [-0.25, -0.2) is 0 Å². The predicted octanol–water partition coefficient (Wildman–Crippen LogP) is 3.17. The summed E-state index contributed by atoms with van der Waals surface area (Å²) in [5, 5.41) is 12.6. The van der Waals surface area contributed by atoms with Crippen LogP contribution in [0.25, 0.3) is 5.57 Å². The summed E-state index contributed by atoms with van der Waals surface area (Å²) in [6.07, 6.45) is 5.82. The summed E-state index contributed by atoms with van der Waals surface area (Å²) >= 11 is 0. The lowest BCUT2D eigenvalue weighted by molar-refractivity contribution is 0.229. The van der Waals surface area contributed by atoms with Crippen LogP contribution in [0, 0.1) is 0 Å². The average Bonchev–Trinajstić information content (AvgIpc) is 2.77. The van der Waals surface area contributed by atoms with Crippen LogP contribution in [-0.2, 0) is 6.61 Å². The van der Waals surface area contributed by atoms with Gasteiger partial charge in [-0.15, -0.1) is 0 Å². The largest absolute Gasteiger partial charge is 0.388 e. The van der Waals surface area contributed by atoms with Crippen LogP contribution >= 0.6 is 0 Å². The zero-order valence-electron chi connectivity index (χ0n) is 9.82. The molecule has 1 heterocycles. The van der Waals surface area contributed by atoms with Crippen molar-refractivity contribution in [3.8, 4) is 0 Å². The topological polar surface area (TPSA) is 46.3 Å². The van der Waals surface area contributed by atoms with Gasteiger partial charge in [0.1, 0.15) is 12.3 Å². The summed E-state index contributed by atoms with van der Waals surface area (Å²) in [5.74, 6) is 0.485. The van der Waals surface area contributed by atoms with Crippen molar-refractivity contribution in [2.45, 2.75) is 34.3 Å². The molecule has 0 aliphatic heterocycles. The van der Waals surface area contributed by atoms with E-state index in [9.17, 15) is 0 Å². The van der Waals surface area contributed by atoms with Crippen LogP contribution in [0.3, 0.4) is 0 Å². The lowest BCUT2D eigenvalue weighted by Gasteiger charge is -1.91. The Morgan fingerprint density at radius 3 is 2.53 bits per heavy atom. The Kier molecular flexibility index (Phi) is 7.28. The molecule has 1 rings (SSSR count). The highest BCUT2D eigenvalue weighted by Gasteiger charge is 2.04. The lowest BCUT2D eigenvalue weighted by Crippen LogP contribution is -1.78. The van der Waals surface area contributed by atoms with E-state index in [1.54, 1.807) is 6.07 Å². The van der Waals surface area contributed by atoms with Crippen LogP contribution in [0.4, 0.5) is 0 Å². The molecule has 1 aromatic rings. The van der Waals surface area contributed by atoms with Crippen molar-refractivity contribution in [2.24, 2.45) is 0 Å². The standard InChI is InChI=1S/C10H13NO2.C2H6/c1-3-5-8(4-2)10-6-9(7-12)13-11-10;1-2/h3-6,12H,7H2,1-2H3;1-2H3/b5-3-,8-4+;. The molecule has 3 nitrogen and oxygen atoms in total. The minimum atomic E-state index is -0.111. The monoisotopic (exact) mass is 209 g/mol. The lowest BCUT2D eigenvalue weighted by atomic mass is 10.1. The summed E-state index contributed by atoms with van der Waals surface area (Å²) in [5.41, 5.74) is 1.75. The predicted molar refractivity (Wildman–Crippen MR) is 62.2 cm³/mol. The van der Waals surface area contributed by atoms with Crippen LogP contribution in [-0.4, -0.2) is 10.3 Å². The summed E-state index contributed by atoms with van der Waals surface area (Å²) < 4.78 is 4.87. The summed E-state index contributed by atoms with van der Waals surface area (Å²) in [4.78, 5) is 0. The Labute approximate surface area is 91.1 Å². The molecule has 0 radical (unpaired) electrons. The van der Waals surface area contributed by atoms with Crippen LogP contribution in [0.1, 0.15) is 39.1 Å². The first kappa shape index (κ1) is 13.7. The Hall–Kier alpha value is -1.35. The van der Waals surface area contributed by atoms with Crippen LogP contribution in [0.2, 0.25) is 0 Å². The van der Waals surface area contributed by atoms with Crippen molar-refractivity contribution in [2.75, 3.05) is 0 Å². The second-order valence-electron chi connectivity index (χ2n) is 2.58. The molecule has 0 saturated carbocycles. The summed E-state index contributed by atoms with van der Waals surface area (Å²) in [7, 11) is 0. The van der Waals surface area contributed by atoms with Crippen LogP contribution < -0.4 is 0 Å². The number of hydrogen-bond donors (Lipinski definition) is 1. The molecule has 1 aromatic heterocycles. The Balaban J connectivity index is 0.000000921. The molecule has 0 aliphatic rings. The fraction of sp³-hybridized carbons (Fsp3) is 0.417. The van der Waals surface area contributed by atoms with Gasteiger partial charge in [-0.2, -0.15) is 0 Å². The maximum atomic E-state index is 8.76. The highest BCUT2D eigenvalue weighted by Crippen LogP contribution is 2.15. The highest BCUT2D eigenvalue weighted by molar-refractivity contribution is 5.71. The van der Waals surface area contributed by atoms with E-state index >= 15 is 0 Å².